The van der Waals surface area contributed by atoms with Gasteiger partial charge < -0.3 is 0 Å². The van der Waals surface area contributed by atoms with Crippen LogP contribution in [0.2, 0.25) is 5.02 Å². The minimum Gasteiger partial charge on any atom is -0.280 e. The zero-order valence-electron chi connectivity index (χ0n) is 11.0. The summed E-state index contributed by atoms with van der Waals surface area (Å²) in [4.78, 5) is 12.0. The highest BCUT2D eigenvalue weighted by atomic mass is 35.5. The van der Waals surface area contributed by atoms with Crippen molar-refractivity contribution in [3.8, 4) is 0 Å². The number of halogens is 1. The second kappa shape index (κ2) is 4.98. The molecule has 1 fully saturated rings. The van der Waals surface area contributed by atoms with Gasteiger partial charge in [0.2, 0.25) is 0 Å². The van der Waals surface area contributed by atoms with E-state index in [1.807, 2.05) is 0 Å². The van der Waals surface area contributed by atoms with Crippen LogP contribution in [0.3, 0.4) is 0 Å². The first kappa shape index (κ1) is 14.3. The van der Waals surface area contributed by atoms with Gasteiger partial charge in [-0.1, -0.05) is 23.7 Å². The minimum absolute atomic E-state index is 0.131. The van der Waals surface area contributed by atoms with Gasteiger partial charge in [0.1, 0.15) is 5.25 Å². The highest BCUT2D eigenvalue weighted by Crippen LogP contribution is 2.27. The van der Waals surface area contributed by atoms with Gasteiger partial charge in [-0.25, -0.2) is 14.3 Å². The highest BCUT2D eigenvalue weighted by molar-refractivity contribution is 7.92. The van der Waals surface area contributed by atoms with Crippen LogP contribution in [-0.4, -0.2) is 31.1 Å². The van der Waals surface area contributed by atoms with Gasteiger partial charge in [-0.2, -0.15) is 0 Å². The summed E-state index contributed by atoms with van der Waals surface area (Å²) in [7, 11) is -3.73. The number of carbonyl (C=O) groups is 1. The van der Waals surface area contributed by atoms with E-state index in [9.17, 15) is 13.2 Å². The molecule has 0 spiro atoms. The molecular weight excluding hydrogens is 312 g/mol. The summed E-state index contributed by atoms with van der Waals surface area (Å²) in [5.74, 6) is 4.91. The number of benzene rings is 2. The van der Waals surface area contributed by atoms with Crippen LogP contribution in [0.15, 0.2) is 41.3 Å². The predicted octanol–water partition coefficient (Wildman–Crippen LogP) is 1.74. The zero-order chi connectivity index (χ0) is 15.2. The quantitative estimate of drug-likeness (QED) is 0.674. The van der Waals surface area contributed by atoms with E-state index in [2.05, 4.69) is 0 Å². The summed E-state index contributed by atoms with van der Waals surface area (Å²) in [6, 6.07) is 9.96. The number of hydrazine groups is 1. The average Bonchev–Trinajstić information content (AvgIpc) is 2.79. The van der Waals surface area contributed by atoms with Gasteiger partial charge in [-0.3, -0.25) is 9.80 Å². The third-order valence-electron chi connectivity index (χ3n) is 3.67. The van der Waals surface area contributed by atoms with Crippen LogP contribution < -0.4 is 5.84 Å². The Kier molecular flexibility index (Phi) is 3.39. The molecule has 1 atom stereocenters. The lowest BCUT2D eigenvalue weighted by Gasteiger charge is -2.12. The van der Waals surface area contributed by atoms with E-state index in [4.69, 9.17) is 17.4 Å². The fourth-order valence-corrected chi connectivity index (χ4v) is 4.37. The van der Waals surface area contributed by atoms with Crippen LogP contribution in [0.5, 0.6) is 0 Å². The fraction of sp³-hybridized carbons (Fsp3) is 0.214. The van der Waals surface area contributed by atoms with Crippen LogP contribution in [-0.2, 0) is 14.6 Å². The van der Waals surface area contributed by atoms with Crippen molar-refractivity contribution in [3.63, 3.8) is 0 Å². The van der Waals surface area contributed by atoms with Gasteiger partial charge in [-0.15, -0.1) is 0 Å². The van der Waals surface area contributed by atoms with Gasteiger partial charge in [0.05, 0.1) is 4.90 Å². The zero-order valence-corrected chi connectivity index (χ0v) is 12.6. The molecule has 1 unspecified atom stereocenters. The Morgan fingerprint density at radius 2 is 1.81 bits per heavy atom. The lowest BCUT2D eigenvalue weighted by atomic mass is 10.1. The maximum Gasteiger partial charge on any atom is 0.255 e. The molecule has 110 valence electrons. The van der Waals surface area contributed by atoms with Crippen molar-refractivity contribution < 1.29 is 13.2 Å². The van der Waals surface area contributed by atoms with Crippen molar-refractivity contribution in [2.75, 3.05) is 6.54 Å². The number of nitrogens with two attached hydrogens (primary N) is 1. The number of nitrogens with zero attached hydrogens (tertiary/aromatic N) is 1. The lowest BCUT2D eigenvalue weighted by Crippen LogP contribution is -2.38. The molecule has 0 bridgehead atoms. The van der Waals surface area contributed by atoms with Crippen LogP contribution in [0, 0.1) is 0 Å². The molecule has 0 aromatic heterocycles. The number of amides is 1. The van der Waals surface area contributed by atoms with Gasteiger partial charge in [0, 0.05) is 11.6 Å². The van der Waals surface area contributed by atoms with Gasteiger partial charge in [-0.05, 0) is 41.5 Å². The van der Waals surface area contributed by atoms with Crippen LogP contribution in [0.4, 0.5) is 0 Å². The van der Waals surface area contributed by atoms with Crippen LogP contribution >= 0.6 is 11.6 Å². The van der Waals surface area contributed by atoms with E-state index < -0.39 is 21.0 Å². The van der Waals surface area contributed by atoms with Crippen LogP contribution in [0.25, 0.3) is 10.8 Å². The Balaban J connectivity index is 2.07. The Hall–Kier alpha value is -1.63. The molecule has 0 saturated carbocycles. The smallest absolute Gasteiger partial charge is 0.255 e. The molecular formula is C14H13ClN2O3S. The van der Waals surface area contributed by atoms with E-state index in [-0.39, 0.29) is 17.9 Å². The first-order valence-electron chi connectivity index (χ1n) is 6.39. The molecule has 5 nitrogen and oxygen atoms in total. The maximum atomic E-state index is 12.6. The topological polar surface area (TPSA) is 80.5 Å². The van der Waals surface area contributed by atoms with Crippen molar-refractivity contribution in [2.45, 2.75) is 16.6 Å². The summed E-state index contributed by atoms with van der Waals surface area (Å²) in [6.07, 6.45) is 0.219. The molecule has 2 aromatic rings. The SMILES string of the molecule is NN1CCC(S(=O)(=O)c2ccc3cc(Cl)ccc3c2)C1=O. The first-order chi connectivity index (χ1) is 9.89. The van der Waals surface area contributed by atoms with Crippen molar-refractivity contribution in [1.82, 2.24) is 5.01 Å². The minimum atomic E-state index is -3.73. The van der Waals surface area contributed by atoms with E-state index in [0.29, 0.717) is 5.02 Å². The molecule has 0 aliphatic carbocycles. The van der Waals surface area contributed by atoms with Crippen molar-refractivity contribution >= 4 is 38.1 Å². The first-order valence-corrected chi connectivity index (χ1v) is 8.31. The predicted molar refractivity (Wildman–Crippen MR) is 80.4 cm³/mol. The average molecular weight is 325 g/mol. The summed E-state index contributed by atoms with van der Waals surface area (Å²) in [5, 5.41) is 2.06. The molecule has 2 aromatic carbocycles. The molecule has 0 radical (unpaired) electrons. The van der Waals surface area contributed by atoms with E-state index in [0.717, 1.165) is 15.8 Å². The third-order valence-corrected chi connectivity index (χ3v) is 6.00. The summed E-state index contributed by atoms with van der Waals surface area (Å²) in [5.41, 5.74) is 0. The Bertz CT molecular complexity index is 835. The van der Waals surface area contributed by atoms with Crippen molar-refractivity contribution in [1.29, 1.82) is 0 Å². The molecule has 1 heterocycles. The number of hydrogen-bond donors (Lipinski definition) is 1. The molecule has 1 saturated heterocycles. The second-order valence-electron chi connectivity index (χ2n) is 5.01. The fourth-order valence-electron chi connectivity index (χ4n) is 2.50. The summed E-state index contributed by atoms with van der Waals surface area (Å²) < 4.78 is 25.1. The molecule has 3 rings (SSSR count). The Morgan fingerprint density at radius 3 is 2.48 bits per heavy atom. The maximum absolute atomic E-state index is 12.6. The molecule has 21 heavy (non-hydrogen) atoms. The molecule has 2 N–H and O–H groups in total. The van der Waals surface area contributed by atoms with Crippen molar-refractivity contribution in [2.24, 2.45) is 5.84 Å². The van der Waals surface area contributed by atoms with E-state index >= 15 is 0 Å². The van der Waals surface area contributed by atoms with E-state index in [1.165, 1.54) is 6.07 Å². The highest BCUT2D eigenvalue weighted by Gasteiger charge is 2.40. The van der Waals surface area contributed by atoms with E-state index in [1.54, 1.807) is 30.3 Å². The number of rotatable bonds is 2. The molecule has 1 amide bonds. The molecule has 1 aliphatic rings. The molecule has 1 aliphatic heterocycles. The number of carbonyl (C=O) groups excluding carboxylic acids is 1. The monoisotopic (exact) mass is 324 g/mol. The largest absolute Gasteiger partial charge is 0.280 e. The van der Waals surface area contributed by atoms with Gasteiger partial charge in [0.25, 0.3) is 5.91 Å². The number of sulfone groups is 1. The standard InChI is InChI=1S/C14H13ClN2O3S/c15-11-3-1-10-8-12(4-2-9(10)7-11)21(19,20)13-5-6-17(16)14(13)18/h1-4,7-8,13H,5-6,16H2. The van der Waals surface area contributed by atoms with Gasteiger partial charge in [0.15, 0.2) is 9.84 Å². The summed E-state index contributed by atoms with van der Waals surface area (Å²) in [6.45, 7) is 0.256. The Labute approximate surface area is 127 Å². The Morgan fingerprint density at radius 1 is 1.14 bits per heavy atom. The normalized spacial score (nSPS) is 19.4. The third kappa shape index (κ3) is 2.39. The lowest BCUT2D eigenvalue weighted by molar-refractivity contribution is -0.127. The number of fused-ring (bicyclic) bond motifs is 1. The van der Waals surface area contributed by atoms with Crippen LogP contribution in [0.1, 0.15) is 6.42 Å². The molecule has 7 heteroatoms. The number of hydrogen-bond acceptors (Lipinski definition) is 4. The summed E-state index contributed by atoms with van der Waals surface area (Å²) >= 11 is 5.90. The second-order valence-corrected chi connectivity index (χ2v) is 7.57. The van der Waals surface area contributed by atoms with Gasteiger partial charge >= 0.3 is 0 Å². The van der Waals surface area contributed by atoms with Crippen molar-refractivity contribution in [3.05, 3.63) is 41.4 Å².